The smallest absolute Gasteiger partial charge is 0.311 e. The summed E-state index contributed by atoms with van der Waals surface area (Å²) in [4.78, 5) is 10.4. The highest BCUT2D eigenvalue weighted by atomic mass is 32.2. The molecule has 0 atom stereocenters. The lowest BCUT2D eigenvalue weighted by atomic mass is 10.2. The summed E-state index contributed by atoms with van der Waals surface area (Å²) in [6.07, 6.45) is 3.17. The molecule has 0 unspecified atom stereocenters. The molecule has 2 N–H and O–H groups in total. The van der Waals surface area contributed by atoms with Crippen molar-refractivity contribution in [3.8, 4) is 5.75 Å². The van der Waals surface area contributed by atoms with Crippen LogP contribution in [0.25, 0.3) is 0 Å². The largest absolute Gasteiger partial charge is 0.487 e. The highest BCUT2D eigenvalue weighted by Gasteiger charge is 2.14. The quantitative estimate of drug-likeness (QED) is 0.385. The molecular formula is C11H14N4O3S. The maximum atomic E-state index is 10.9. The van der Waals surface area contributed by atoms with Crippen molar-refractivity contribution in [3.05, 3.63) is 33.9 Å². The summed E-state index contributed by atoms with van der Waals surface area (Å²) < 4.78 is 5.18. The Labute approximate surface area is 114 Å². The summed E-state index contributed by atoms with van der Waals surface area (Å²) >= 11 is 1.26. The van der Waals surface area contributed by atoms with Crippen molar-refractivity contribution in [1.29, 1.82) is 0 Å². The van der Waals surface area contributed by atoms with Gasteiger partial charge in [-0.2, -0.15) is 5.10 Å². The van der Waals surface area contributed by atoms with Gasteiger partial charge in [0.25, 0.3) is 0 Å². The molecular weight excluding hydrogens is 268 g/mol. The maximum absolute atomic E-state index is 10.9. The molecule has 1 rings (SSSR count). The number of nitro groups is 1. The molecule has 0 aliphatic heterocycles. The molecule has 8 heteroatoms. The van der Waals surface area contributed by atoms with E-state index in [4.69, 9.17) is 10.5 Å². The molecule has 102 valence electrons. The van der Waals surface area contributed by atoms with E-state index in [-0.39, 0.29) is 11.4 Å². The second-order valence-corrected chi connectivity index (χ2v) is 4.13. The summed E-state index contributed by atoms with van der Waals surface area (Å²) in [7, 11) is 0. The van der Waals surface area contributed by atoms with Crippen molar-refractivity contribution in [3.63, 3.8) is 0 Å². The first-order chi connectivity index (χ1) is 9.08. The zero-order chi connectivity index (χ0) is 14.3. The summed E-state index contributed by atoms with van der Waals surface area (Å²) in [6.45, 7) is 2.13. The number of hydrogen-bond donors (Lipinski definition) is 1. The first kappa shape index (κ1) is 15.0. The SMILES string of the molecule is CCOc1ccc(/C=N\N=C(/N)SC)cc1[N+](=O)[O-]. The van der Waals surface area contributed by atoms with Crippen LogP contribution in [0, 0.1) is 10.1 Å². The Kier molecular flexibility index (Phi) is 5.80. The van der Waals surface area contributed by atoms with Crippen LogP contribution in [0.3, 0.4) is 0 Å². The number of thioether (sulfide) groups is 1. The molecule has 0 bridgehead atoms. The molecule has 19 heavy (non-hydrogen) atoms. The van der Waals surface area contributed by atoms with Gasteiger partial charge in [-0.25, -0.2) is 0 Å². The lowest BCUT2D eigenvalue weighted by Crippen LogP contribution is -2.04. The first-order valence-corrected chi connectivity index (χ1v) is 6.62. The fourth-order valence-corrected chi connectivity index (χ4v) is 1.36. The average molecular weight is 282 g/mol. The van der Waals surface area contributed by atoms with Crippen LogP contribution in [0.4, 0.5) is 5.69 Å². The topological polar surface area (TPSA) is 103 Å². The van der Waals surface area contributed by atoms with E-state index in [1.165, 1.54) is 30.1 Å². The molecule has 0 fully saturated rings. The van der Waals surface area contributed by atoms with E-state index >= 15 is 0 Å². The van der Waals surface area contributed by atoms with Crippen LogP contribution < -0.4 is 10.5 Å². The van der Waals surface area contributed by atoms with Crippen molar-refractivity contribution in [2.24, 2.45) is 15.9 Å². The van der Waals surface area contributed by atoms with E-state index in [9.17, 15) is 10.1 Å². The molecule has 1 aromatic rings. The molecule has 0 aliphatic carbocycles. The van der Waals surface area contributed by atoms with Gasteiger partial charge >= 0.3 is 5.69 Å². The molecule has 7 nitrogen and oxygen atoms in total. The van der Waals surface area contributed by atoms with E-state index in [1.54, 1.807) is 19.2 Å². The Morgan fingerprint density at radius 1 is 1.63 bits per heavy atom. The Morgan fingerprint density at radius 3 is 2.95 bits per heavy atom. The second kappa shape index (κ2) is 7.37. The Morgan fingerprint density at radius 2 is 2.37 bits per heavy atom. The van der Waals surface area contributed by atoms with Gasteiger partial charge in [-0.3, -0.25) is 10.1 Å². The van der Waals surface area contributed by atoms with Crippen LogP contribution in [-0.2, 0) is 0 Å². The fourth-order valence-electron chi connectivity index (χ4n) is 1.23. The Bertz CT molecular complexity index is 517. The Balaban J connectivity index is 2.99. The summed E-state index contributed by atoms with van der Waals surface area (Å²) in [5.41, 5.74) is 5.89. The van der Waals surface area contributed by atoms with Crippen LogP contribution in [0.2, 0.25) is 0 Å². The number of rotatable bonds is 5. The second-order valence-electron chi connectivity index (χ2n) is 3.30. The van der Waals surface area contributed by atoms with Crippen molar-refractivity contribution in [2.45, 2.75) is 6.92 Å². The molecule has 0 aliphatic rings. The van der Waals surface area contributed by atoms with Crippen LogP contribution in [0.5, 0.6) is 5.75 Å². The molecule has 0 radical (unpaired) electrons. The maximum Gasteiger partial charge on any atom is 0.311 e. The predicted octanol–water partition coefficient (Wildman–Crippen LogP) is 2.01. The summed E-state index contributed by atoms with van der Waals surface area (Å²) in [5, 5.41) is 18.7. The zero-order valence-electron chi connectivity index (χ0n) is 10.6. The van der Waals surface area contributed by atoms with Gasteiger partial charge in [0.2, 0.25) is 0 Å². The molecule has 0 aromatic heterocycles. The molecule has 1 aromatic carbocycles. The van der Waals surface area contributed by atoms with Gasteiger partial charge in [-0.1, -0.05) is 11.8 Å². The number of nitrogens with two attached hydrogens (primary N) is 1. The minimum absolute atomic E-state index is 0.104. The molecule has 0 saturated heterocycles. The number of nitrogens with zero attached hydrogens (tertiary/aromatic N) is 3. The van der Waals surface area contributed by atoms with Gasteiger partial charge in [-0.05, 0) is 25.3 Å². The van der Waals surface area contributed by atoms with Gasteiger partial charge < -0.3 is 10.5 Å². The van der Waals surface area contributed by atoms with Crippen LogP contribution >= 0.6 is 11.8 Å². The van der Waals surface area contributed by atoms with Gasteiger partial charge in [0.15, 0.2) is 10.9 Å². The molecule has 0 amide bonds. The molecule has 0 spiro atoms. The molecule has 0 heterocycles. The number of amidine groups is 1. The van der Waals surface area contributed by atoms with E-state index in [0.29, 0.717) is 17.3 Å². The third kappa shape index (κ3) is 4.59. The van der Waals surface area contributed by atoms with E-state index in [1.807, 2.05) is 0 Å². The normalized spacial score (nSPS) is 11.8. The molecule has 0 saturated carbocycles. The van der Waals surface area contributed by atoms with Gasteiger partial charge in [0, 0.05) is 11.6 Å². The van der Waals surface area contributed by atoms with Crippen LogP contribution in [-0.4, -0.2) is 29.2 Å². The van der Waals surface area contributed by atoms with Crippen molar-refractivity contribution >= 4 is 28.8 Å². The zero-order valence-corrected chi connectivity index (χ0v) is 11.4. The van der Waals surface area contributed by atoms with E-state index < -0.39 is 4.92 Å². The third-order valence-electron chi connectivity index (χ3n) is 2.05. The highest BCUT2D eigenvalue weighted by molar-refractivity contribution is 8.13. The van der Waals surface area contributed by atoms with Crippen LogP contribution in [0.1, 0.15) is 12.5 Å². The van der Waals surface area contributed by atoms with Gasteiger partial charge in [-0.15, -0.1) is 5.10 Å². The number of nitro benzene ring substituents is 1. The number of benzene rings is 1. The minimum atomic E-state index is -0.498. The van der Waals surface area contributed by atoms with Crippen molar-refractivity contribution in [1.82, 2.24) is 0 Å². The number of hydrogen-bond acceptors (Lipinski definition) is 6. The van der Waals surface area contributed by atoms with E-state index in [2.05, 4.69) is 10.2 Å². The average Bonchev–Trinajstić information content (AvgIpc) is 2.40. The fraction of sp³-hybridized carbons (Fsp3) is 0.273. The summed E-state index contributed by atoms with van der Waals surface area (Å²) in [6, 6.07) is 4.57. The lowest BCUT2D eigenvalue weighted by Gasteiger charge is -2.04. The minimum Gasteiger partial charge on any atom is -0.487 e. The third-order valence-corrected chi connectivity index (χ3v) is 2.55. The van der Waals surface area contributed by atoms with Crippen molar-refractivity contribution in [2.75, 3.05) is 12.9 Å². The highest BCUT2D eigenvalue weighted by Crippen LogP contribution is 2.27. The first-order valence-electron chi connectivity index (χ1n) is 5.40. The summed E-state index contributed by atoms with van der Waals surface area (Å²) in [5.74, 6) is 0.233. The Hall–Kier alpha value is -2.09. The van der Waals surface area contributed by atoms with Crippen LogP contribution in [0.15, 0.2) is 28.4 Å². The van der Waals surface area contributed by atoms with Gasteiger partial charge in [0.05, 0.1) is 17.7 Å². The standard InChI is InChI=1S/C11H14N4O3S/c1-3-18-10-5-4-8(6-9(10)15(16)17)7-13-14-11(12)19-2/h4-7H,3H2,1-2H3,(H2,12,14)/b13-7-. The number of ether oxygens (including phenoxy) is 1. The monoisotopic (exact) mass is 282 g/mol. The van der Waals surface area contributed by atoms with E-state index in [0.717, 1.165) is 0 Å². The lowest BCUT2D eigenvalue weighted by molar-refractivity contribution is -0.385. The van der Waals surface area contributed by atoms with Crippen molar-refractivity contribution < 1.29 is 9.66 Å². The predicted molar refractivity (Wildman–Crippen MR) is 77.0 cm³/mol. The van der Waals surface area contributed by atoms with Gasteiger partial charge in [0.1, 0.15) is 0 Å².